The van der Waals surface area contributed by atoms with Gasteiger partial charge in [-0.3, -0.25) is 9.10 Å². The van der Waals surface area contributed by atoms with Gasteiger partial charge in [-0.25, -0.2) is 8.42 Å². The molecule has 0 aliphatic heterocycles. The van der Waals surface area contributed by atoms with Crippen molar-refractivity contribution in [1.82, 2.24) is 5.32 Å². The number of hydrogen-bond donors (Lipinski definition) is 1. The summed E-state index contributed by atoms with van der Waals surface area (Å²) in [6.07, 6.45) is 0. The Morgan fingerprint density at radius 3 is 2.26 bits per heavy atom. The molecule has 0 aliphatic rings. The summed E-state index contributed by atoms with van der Waals surface area (Å²) in [7, 11) is -3.95. The van der Waals surface area contributed by atoms with Crippen LogP contribution in [0.25, 0.3) is 0 Å². The van der Waals surface area contributed by atoms with Gasteiger partial charge in [-0.1, -0.05) is 67.4 Å². The largest absolute Gasteiger partial charge is 0.491 e. The number of aryl methyl sites for hydroxylation is 3. The Morgan fingerprint density at radius 1 is 0.943 bits per heavy atom. The maximum absolute atomic E-state index is 13.6. The van der Waals surface area contributed by atoms with E-state index < -0.39 is 15.9 Å². The van der Waals surface area contributed by atoms with Gasteiger partial charge in [0.25, 0.3) is 10.0 Å². The van der Waals surface area contributed by atoms with Gasteiger partial charge in [0.15, 0.2) is 0 Å². The van der Waals surface area contributed by atoms with Crippen molar-refractivity contribution in [2.24, 2.45) is 0 Å². The summed E-state index contributed by atoms with van der Waals surface area (Å²) in [6, 6.07) is 20.0. The smallest absolute Gasteiger partial charge is 0.264 e. The average Bonchev–Trinajstić information content (AvgIpc) is 2.81. The molecule has 0 atom stereocenters. The highest BCUT2D eigenvalue weighted by Crippen LogP contribution is 2.28. The highest BCUT2D eigenvalue weighted by Gasteiger charge is 2.28. The molecule has 0 aromatic heterocycles. The standard InChI is InChI=1S/C28H34N2O4S/c1-20(2)25-8-6-7-9-27(25)34-17-16-29-28(31)19-30(26-15-12-22(4)18-23(26)5)35(32,33)24-13-10-21(3)11-14-24/h6-15,18,20H,16-17,19H2,1-5H3,(H,29,31). The zero-order valence-corrected chi connectivity index (χ0v) is 21.9. The molecule has 0 aliphatic carbocycles. The summed E-state index contributed by atoms with van der Waals surface area (Å²) in [5, 5.41) is 2.80. The monoisotopic (exact) mass is 494 g/mol. The van der Waals surface area contributed by atoms with Crippen LogP contribution in [0.3, 0.4) is 0 Å². The third kappa shape index (κ3) is 6.63. The van der Waals surface area contributed by atoms with Gasteiger partial charge in [0.05, 0.1) is 17.1 Å². The number of anilines is 1. The fraction of sp³-hybridized carbons (Fsp3) is 0.321. The second kappa shape index (κ2) is 11.4. The molecule has 3 rings (SSSR count). The lowest BCUT2D eigenvalue weighted by molar-refractivity contribution is -0.119. The van der Waals surface area contributed by atoms with Crippen LogP contribution in [0.4, 0.5) is 5.69 Å². The minimum atomic E-state index is -3.95. The lowest BCUT2D eigenvalue weighted by Gasteiger charge is -2.26. The topological polar surface area (TPSA) is 75.7 Å². The third-order valence-electron chi connectivity index (χ3n) is 5.74. The van der Waals surface area contributed by atoms with Crippen molar-refractivity contribution in [1.29, 1.82) is 0 Å². The van der Waals surface area contributed by atoms with Gasteiger partial charge in [0, 0.05) is 0 Å². The molecule has 1 amide bonds. The molecule has 0 saturated carbocycles. The van der Waals surface area contributed by atoms with E-state index >= 15 is 0 Å². The van der Waals surface area contributed by atoms with Crippen LogP contribution >= 0.6 is 0 Å². The molecule has 0 radical (unpaired) electrons. The first-order valence-corrected chi connectivity index (χ1v) is 13.2. The number of sulfonamides is 1. The molecule has 0 saturated heterocycles. The lowest BCUT2D eigenvalue weighted by atomic mass is 10.0. The average molecular weight is 495 g/mol. The highest BCUT2D eigenvalue weighted by molar-refractivity contribution is 7.92. The summed E-state index contributed by atoms with van der Waals surface area (Å²) >= 11 is 0. The Kier molecular flexibility index (Phi) is 8.57. The molecule has 0 spiro atoms. The molecule has 3 aromatic carbocycles. The summed E-state index contributed by atoms with van der Waals surface area (Å²) < 4.78 is 34.2. The van der Waals surface area contributed by atoms with Crippen molar-refractivity contribution in [3.63, 3.8) is 0 Å². The van der Waals surface area contributed by atoms with Crippen molar-refractivity contribution < 1.29 is 17.9 Å². The van der Waals surface area contributed by atoms with Crippen LogP contribution in [-0.2, 0) is 14.8 Å². The number of ether oxygens (including phenoxy) is 1. The van der Waals surface area contributed by atoms with Crippen LogP contribution < -0.4 is 14.4 Å². The van der Waals surface area contributed by atoms with Crippen LogP contribution in [0, 0.1) is 20.8 Å². The fourth-order valence-electron chi connectivity index (χ4n) is 3.85. The Labute approximate surface area is 209 Å². The van der Waals surface area contributed by atoms with E-state index in [1.807, 2.05) is 57.2 Å². The van der Waals surface area contributed by atoms with E-state index in [4.69, 9.17) is 4.74 Å². The third-order valence-corrected chi connectivity index (χ3v) is 7.51. The van der Waals surface area contributed by atoms with Crippen LogP contribution in [0.15, 0.2) is 71.6 Å². The number of para-hydroxylation sites is 1. The van der Waals surface area contributed by atoms with Crippen LogP contribution in [0.1, 0.15) is 42.0 Å². The predicted octanol–water partition coefficient (Wildman–Crippen LogP) is 5.13. The normalized spacial score (nSPS) is 11.4. The highest BCUT2D eigenvalue weighted by atomic mass is 32.2. The van der Waals surface area contributed by atoms with Gasteiger partial charge < -0.3 is 10.1 Å². The van der Waals surface area contributed by atoms with E-state index in [0.717, 1.165) is 28.0 Å². The van der Waals surface area contributed by atoms with Gasteiger partial charge in [0.2, 0.25) is 5.91 Å². The zero-order valence-electron chi connectivity index (χ0n) is 21.0. The molecule has 186 valence electrons. The first-order valence-electron chi connectivity index (χ1n) is 11.7. The van der Waals surface area contributed by atoms with Gasteiger partial charge in [-0.05, 0) is 62.1 Å². The Balaban J connectivity index is 1.74. The number of carbonyl (C=O) groups is 1. The Morgan fingerprint density at radius 2 is 1.60 bits per heavy atom. The number of benzene rings is 3. The molecule has 0 fully saturated rings. The molecular weight excluding hydrogens is 460 g/mol. The number of hydrogen-bond acceptors (Lipinski definition) is 4. The van der Waals surface area contributed by atoms with Crippen LogP contribution in [-0.4, -0.2) is 34.0 Å². The quantitative estimate of drug-likeness (QED) is 0.397. The second-order valence-corrected chi connectivity index (χ2v) is 10.9. The van der Waals surface area contributed by atoms with E-state index in [1.165, 1.54) is 4.31 Å². The second-order valence-electron chi connectivity index (χ2n) is 9.01. The van der Waals surface area contributed by atoms with E-state index in [9.17, 15) is 13.2 Å². The molecular formula is C28H34N2O4S. The van der Waals surface area contributed by atoms with Gasteiger partial charge in [-0.15, -0.1) is 0 Å². The maximum Gasteiger partial charge on any atom is 0.264 e. The minimum Gasteiger partial charge on any atom is -0.491 e. The fourth-order valence-corrected chi connectivity index (χ4v) is 5.33. The van der Waals surface area contributed by atoms with Gasteiger partial charge in [-0.2, -0.15) is 0 Å². The van der Waals surface area contributed by atoms with E-state index in [-0.39, 0.29) is 24.6 Å². The summed E-state index contributed by atoms with van der Waals surface area (Å²) in [6.45, 7) is 10.1. The summed E-state index contributed by atoms with van der Waals surface area (Å²) in [5.74, 6) is 0.705. The maximum atomic E-state index is 13.6. The van der Waals surface area contributed by atoms with Gasteiger partial charge >= 0.3 is 0 Å². The van der Waals surface area contributed by atoms with E-state index in [1.54, 1.807) is 30.3 Å². The minimum absolute atomic E-state index is 0.143. The Bertz CT molecular complexity index is 1270. The molecule has 0 bridgehead atoms. The van der Waals surface area contributed by atoms with E-state index in [2.05, 4.69) is 19.2 Å². The number of amides is 1. The lowest BCUT2D eigenvalue weighted by Crippen LogP contribution is -2.42. The summed E-state index contributed by atoms with van der Waals surface area (Å²) in [4.78, 5) is 13.0. The Hall–Kier alpha value is -3.32. The predicted molar refractivity (Wildman–Crippen MR) is 141 cm³/mol. The number of rotatable bonds is 10. The van der Waals surface area contributed by atoms with E-state index in [0.29, 0.717) is 11.6 Å². The molecule has 6 nitrogen and oxygen atoms in total. The summed E-state index contributed by atoms with van der Waals surface area (Å²) in [5.41, 5.74) is 4.33. The van der Waals surface area contributed by atoms with Crippen molar-refractivity contribution in [2.45, 2.75) is 45.4 Å². The molecule has 0 heterocycles. The van der Waals surface area contributed by atoms with Crippen molar-refractivity contribution in [3.8, 4) is 5.75 Å². The molecule has 0 unspecified atom stereocenters. The van der Waals surface area contributed by atoms with Crippen molar-refractivity contribution in [3.05, 3.63) is 89.0 Å². The number of nitrogens with one attached hydrogen (secondary N) is 1. The van der Waals surface area contributed by atoms with Crippen molar-refractivity contribution in [2.75, 3.05) is 24.0 Å². The molecule has 3 aromatic rings. The SMILES string of the molecule is Cc1ccc(S(=O)(=O)N(CC(=O)NCCOc2ccccc2C(C)C)c2ccc(C)cc2C)cc1. The zero-order chi connectivity index (χ0) is 25.6. The van der Waals surface area contributed by atoms with Gasteiger partial charge in [0.1, 0.15) is 18.9 Å². The molecule has 1 N–H and O–H groups in total. The number of nitrogens with zero attached hydrogens (tertiary/aromatic N) is 1. The first kappa shape index (κ1) is 26.3. The van der Waals surface area contributed by atoms with Crippen molar-refractivity contribution >= 4 is 21.6 Å². The first-order chi connectivity index (χ1) is 16.6. The number of carbonyl (C=O) groups excluding carboxylic acids is 1. The molecule has 35 heavy (non-hydrogen) atoms. The van der Waals surface area contributed by atoms with Crippen LogP contribution in [0.5, 0.6) is 5.75 Å². The van der Waals surface area contributed by atoms with Crippen LogP contribution in [0.2, 0.25) is 0 Å². The molecule has 7 heteroatoms.